The third-order valence-corrected chi connectivity index (χ3v) is 5.60. The molecule has 0 bridgehead atoms. The molecule has 3 aromatic rings. The molecule has 1 aliphatic carbocycles. The van der Waals surface area contributed by atoms with E-state index in [1.165, 1.54) is 0 Å². The van der Waals surface area contributed by atoms with Crippen LogP contribution in [0.5, 0.6) is 0 Å². The van der Waals surface area contributed by atoms with Gasteiger partial charge >= 0.3 is 12.1 Å². The minimum Gasteiger partial charge on any atom is -0.479 e. The Labute approximate surface area is 196 Å². The summed E-state index contributed by atoms with van der Waals surface area (Å²) in [5.74, 6) is -1.68. The molecule has 0 heterocycles. The number of anilines is 1. The molecule has 3 aromatic carbocycles. The van der Waals surface area contributed by atoms with Crippen molar-refractivity contribution < 1.29 is 29.1 Å². The van der Waals surface area contributed by atoms with E-state index in [-0.39, 0.29) is 18.9 Å². The molecule has 174 valence electrons. The second-order valence-corrected chi connectivity index (χ2v) is 7.82. The SMILES string of the molecule is O=C(O)CONC(=O)CCc1ccccc1NC(=O)OCC1c2ccccc2-c2ccccc21. The van der Waals surface area contributed by atoms with E-state index in [2.05, 4.69) is 39.9 Å². The molecule has 0 aromatic heterocycles. The van der Waals surface area contributed by atoms with Crippen molar-refractivity contribution >= 4 is 23.7 Å². The zero-order valence-corrected chi connectivity index (χ0v) is 18.3. The standard InChI is InChI=1S/C26H24N2O6/c29-24(28-34-16-25(30)31)14-13-17-7-1-6-12-23(17)27-26(32)33-15-22-20-10-4-2-8-18(20)19-9-3-5-11-21(19)22/h1-12,22H,13-16H2,(H,27,32)(H,28,29)(H,30,31). The fraction of sp³-hybridized carbons (Fsp3) is 0.192. The largest absolute Gasteiger partial charge is 0.479 e. The minimum absolute atomic E-state index is 0.0390. The van der Waals surface area contributed by atoms with E-state index in [1.807, 2.05) is 24.3 Å². The number of carbonyl (C=O) groups excluding carboxylic acids is 2. The molecule has 0 saturated heterocycles. The number of hydroxylamine groups is 1. The van der Waals surface area contributed by atoms with Gasteiger partial charge in [-0.15, -0.1) is 0 Å². The number of benzene rings is 3. The Hall–Kier alpha value is -4.17. The van der Waals surface area contributed by atoms with E-state index in [9.17, 15) is 14.4 Å². The van der Waals surface area contributed by atoms with Crippen molar-refractivity contribution in [3.05, 3.63) is 89.5 Å². The molecule has 0 saturated carbocycles. The number of hydrogen-bond donors (Lipinski definition) is 3. The third-order valence-electron chi connectivity index (χ3n) is 5.60. The van der Waals surface area contributed by atoms with Crippen LogP contribution in [0, 0.1) is 0 Å². The van der Waals surface area contributed by atoms with Gasteiger partial charge in [0.1, 0.15) is 6.61 Å². The van der Waals surface area contributed by atoms with Crippen molar-refractivity contribution in [1.29, 1.82) is 0 Å². The van der Waals surface area contributed by atoms with Crippen molar-refractivity contribution in [2.24, 2.45) is 0 Å². The Kier molecular flexibility index (Phi) is 7.19. The second-order valence-electron chi connectivity index (χ2n) is 7.82. The van der Waals surface area contributed by atoms with E-state index in [0.717, 1.165) is 27.8 Å². The van der Waals surface area contributed by atoms with Crippen molar-refractivity contribution in [2.75, 3.05) is 18.5 Å². The van der Waals surface area contributed by atoms with E-state index in [4.69, 9.17) is 9.84 Å². The van der Waals surface area contributed by atoms with Crippen LogP contribution in [0.2, 0.25) is 0 Å². The first kappa shape index (κ1) is 23.0. The van der Waals surface area contributed by atoms with Crippen LogP contribution in [0.15, 0.2) is 72.8 Å². The number of aryl methyl sites for hydroxylation is 1. The van der Waals surface area contributed by atoms with Gasteiger partial charge in [0, 0.05) is 18.0 Å². The van der Waals surface area contributed by atoms with E-state index in [0.29, 0.717) is 12.1 Å². The van der Waals surface area contributed by atoms with Gasteiger partial charge in [0.25, 0.3) is 0 Å². The molecule has 8 nitrogen and oxygen atoms in total. The molecule has 34 heavy (non-hydrogen) atoms. The Bertz CT molecular complexity index is 1160. The number of para-hydroxylation sites is 1. The molecular weight excluding hydrogens is 436 g/mol. The lowest BCUT2D eigenvalue weighted by molar-refractivity contribution is -0.149. The van der Waals surface area contributed by atoms with Crippen LogP contribution in [0.3, 0.4) is 0 Å². The van der Waals surface area contributed by atoms with Crippen LogP contribution in [0.4, 0.5) is 10.5 Å². The normalized spacial score (nSPS) is 11.9. The first-order valence-corrected chi connectivity index (χ1v) is 10.8. The molecule has 0 atom stereocenters. The van der Waals surface area contributed by atoms with Gasteiger partial charge in [-0.25, -0.2) is 15.1 Å². The van der Waals surface area contributed by atoms with Crippen molar-refractivity contribution in [2.45, 2.75) is 18.8 Å². The van der Waals surface area contributed by atoms with Gasteiger partial charge < -0.3 is 9.84 Å². The number of carbonyl (C=O) groups is 3. The van der Waals surface area contributed by atoms with Crippen LogP contribution < -0.4 is 10.8 Å². The maximum Gasteiger partial charge on any atom is 0.411 e. The average molecular weight is 460 g/mol. The Morgan fingerprint density at radius 3 is 2.15 bits per heavy atom. The molecule has 0 spiro atoms. The fourth-order valence-electron chi connectivity index (χ4n) is 4.08. The number of aliphatic carboxylic acids is 1. The molecule has 0 radical (unpaired) electrons. The predicted octanol–water partition coefficient (Wildman–Crippen LogP) is 4.11. The lowest BCUT2D eigenvalue weighted by Crippen LogP contribution is -2.26. The van der Waals surface area contributed by atoms with E-state index in [1.54, 1.807) is 24.3 Å². The highest BCUT2D eigenvalue weighted by molar-refractivity contribution is 5.86. The number of carboxylic acid groups (broad SMARTS) is 1. The Morgan fingerprint density at radius 2 is 1.47 bits per heavy atom. The zero-order chi connectivity index (χ0) is 23.9. The molecule has 4 rings (SSSR count). The molecule has 3 N–H and O–H groups in total. The highest BCUT2D eigenvalue weighted by atomic mass is 16.7. The second kappa shape index (κ2) is 10.6. The first-order valence-electron chi connectivity index (χ1n) is 10.8. The monoisotopic (exact) mass is 460 g/mol. The van der Waals surface area contributed by atoms with Gasteiger partial charge in [0.15, 0.2) is 6.61 Å². The summed E-state index contributed by atoms with van der Waals surface area (Å²) in [7, 11) is 0. The summed E-state index contributed by atoms with van der Waals surface area (Å²) in [5.41, 5.74) is 7.94. The summed E-state index contributed by atoms with van der Waals surface area (Å²) in [6.45, 7) is -0.420. The number of rotatable bonds is 9. The van der Waals surface area contributed by atoms with Gasteiger partial charge in [0.05, 0.1) is 0 Å². The highest BCUT2D eigenvalue weighted by Gasteiger charge is 2.29. The fourth-order valence-corrected chi connectivity index (χ4v) is 4.08. The van der Waals surface area contributed by atoms with Crippen LogP contribution in [-0.2, 0) is 25.6 Å². The lowest BCUT2D eigenvalue weighted by Gasteiger charge is -2.15. The molecule has 8 heteroatoms. The predicted molar refractivity (Wildman–Crippen MR) is 125 cm³/mol. The van der Waals surface area contributed by atoms with Gasteiger partial charge in [-0.05, 0) is 40.3 Å². The summed E-state index contributed by atoms with van der Waals surface area (Å²) in [4.78, 5) is 39.5. The maximum absolute atomic E-state index is 12.6. The van der Waals surface area contributed by atoms with Crippen LogP contribution >= 0.6 is 0 Å². The molecule has 0 fully saturated rings. The minimum atomic E-state index is -1.18. The third kappa shape index (κ3) is 5.41. The van der Waals surface area contributed by atoms with Crippen molar-refractivity contribution in [3.63, 3.8) is 0 Å². The quantitative estimate of drug-likeness (QED) is 0.414. The Balaban J connectivity index is 1.35. The molecule has 1 aliphatic rings. The molecule has 0 aliphatic heterocycles. The van der Waals surface area contributed by atoms with Crippen molar-refractivity contribution in [3.8, 4) is 11.1 Å². The Morgan fingerprint density at radius 1 is 0.853 bits per heavy atom. The molecular formula is C26H24N2O6. The number of hydrogen-bond acceptors (Lipinski definition) is 5. The zero-order valence-electron chi connectivity index (χ0n) is 18.3. The van der Waals surface area contributed by atoms with Crippen LogP contribution in [0.1, 0.15) is 29.0 Å². The summed E-state index contributed by atoms with van der Waals surface area (Å²) in [6.07, 6.45) is -0.200. The smallest absolute Gasteiger partial charge is 0.411 e. The average Bonchev–Trinajstić information content (AvgIpc) is 3.16. The van der Waals surface area contributed by atoms with E-state index < -0.39 is 24.6 Å². The maximum atomic E-state index is 12.6. The van der Waals surface area contributed by atoms with Gasteiger partial charge in [-0.2, -0.15) is 0 Å². The van der Waals surface area contributed by atoms with Gasteiger partial charge in [-0.1, -0.05) is 66.7 Å². The van der Waals surface area contributed by atoms with Crippen molar-refractivity contribution in [1.82, 2.24) is 5.48 Å². The first-order chi connectivity index (χ1) is 16.5. The van der Waals surface area contributed by atoms with Gasteiger partial charge in [-0.3, -0.25) is 14.9 Å². The summed E-state index contributed by atoms with van der Waals surface area (Å²) < 4.78 is 5.59. The number of nitrogens with one attached hydrogen (secondary N) is 2. The number of fused-ring (bicyclic) bond motifs is 3. The lowest BCUT2D eigenvalue weighted by atomic mass is 9.98. The number of ether oxygens (including phenoxy) is 1. The van der Waals surface area contributed by atoms with E-state index >= 15 is 0 Å². The molecule has 2 amide bonds. The summed E-state index contributed by atoms with van der Waals surface area (Å²) >= 11 is 0. The topological polar surface area (TPSA) is 114 Å². The number of amides is 2. The highest BCUT2D eigenvalue weighted by Crippen LogP contribution is 2.44. The summed E-state index contributed by atoms with van der Waals surface area (Å²) in [6, 6.07) is 23.3. The summed E-state index contributed by atoms with van der Waals surface area (Å²) in [5, 5.41) is 11.3. The van der Waals surface area contributed by atoms with Gasteiger partial charge in [0.2, 0.25) is 5.91 Å². The number of carboxylic acids is 1. The van der Waals surface area contributed by atoms with Crippen LogP contribution in [-0.4, -0.2) is 36.3 Å². The van der Waals surface area contributed by atoms with Crippen LogP contribution in [0.25, 0.3) is 11.1 Å². The molecule has 0 unspecified atom stereocenters.